The maximum atomic E-state index is 12.5. The number of pyridine rings is 1. The van der Waals surface area contributed by atoms with Gasteiger partial charge in [0.15, 0.2) is 0 Å². The average molecular weight is 363 g/mol. The van der Waals surface area contributed by atoms with Crippen molar-refractivity contribution in [1.29, 1.82) is 0 Å². The molecule has 0 saturated carbocycles. The van der Waals surface area contributed by atoms with Crippen LogP contribution in [0.15, 0.2) is 41.4 Å². The van der Waals surface area contributed by atoms with Crippen molar-refractivity contribution in [3.05, 3.63) is 47.8 Å². The van der Waals surface area contributed by atoms with E-state index in [9.17, 15) is 13.2 Å². The number of nitrogens with one attached hydrogen (secondary N) is 1. The summed E-state index contributed by atoms with van der Waals surface area (Å²) in [5.74, 6) is -0.129. The van der Waals surface area contributed by atoms with Crippen molar-refractivity contribution in [3.8, 4) is 5.75 Å². The van der Waals surface area contributed by atoms with Crippen LogP contribution in [0.1, 0.15) is 23.0 Å². The van der Waals surface area contributed by atoms with Gasteiger partial charge in [0.1, 0.15) is 10.6 Å². The van der Waals surface area contributed by atoms with Gasteiger partial charge in [-0.25, -0.2) is 12.7 Å². The molecule has 0 aliphatic rings. The van der Waals surface area contributed by atoms with Gasteiger partial charge >= 0.3 is 0 Å². The second kappa shape index (κ2) is 7.62. The number of sulfonamides is 1. The van der Waals surface area contributed by atoms with E-state index in [1.165, 1.54) is 32.4 Å². The smallest absolute Gasteiger partial charge is 0.257 e. The Labute approximate surface area is 147 Å². The van der Waals surface area contributed by atoms with Crippen molar-refractivity contribution in [3.63, 3.8) is 0 Å². The molecule has 1 N–H and O–H groups in total. The molecule has 134 valence electrons. The van der Waals surface area contributed by atoms with Crippen molar-refractivity contribution in [2.45, 2.75) is 18.7 Å². The Kier molecular flexibility index (Phi) is 5.76. The van der Waals surface area contributed by atoms with Crippen LogP contribution in [0.25, 0.3) is 0 Å². The van der Waals surface area contributed by atoms with Crippen LogP contribution in [-0.2, 0) is 10.0 Å². The molecule has 0 bridgehead atoms. The van der Waals surface area contributed by atoms with Crippen molar-refractivity contribution >= 4 is 21.6 Å². The Hall–Kier alpha value is -2.45. The molecule has 2 rings (SSSR count). The summed E-state index contributed by atoms with van der Waals surface area (Å²) in [5, 5.41) is 2.68. The summed E-state index contributed by atoms with van der Waals surface area (Å²) in [7, 11) is -0.836. The Morgan fingerprint density at radius 3 is 2.52 bits per heavy atom. The number of nitrogens with zero attached hydrogens (tertiary/aromatic N) is 2. The molecular weight excluding hydrogens is 342 g/mol. The number of carbonyl (C=O) groups excluding carboxylic acids is 1. The highest BCUT2D eigenvalue weighted by Crippen LogP contribution is 2.29. The fourth-order valence-electron chi connectivity index (χ4n) is 2.06. The first kappa shape index (κ1) is 18.9. The van der Waals surface area contributed by atoms with E-state index in [4.69, 9.17) is 4.74 Å². The highest BCUT2D eigenvalue weighted by atomic mass is 32.2. The van der Waals surface area contributed by atoms with Gasteiger partial charge in [-0.2, -0.15) is 0 Å². The molecule has 1 aromatic carbocycles. The van der Waals surface area contributed by atoms with E-state index >= 15 is 0 Å². The van der Waals surface area contributed by atoms with Crippen molar-refractivity contribution in [2.24, 2.45) is 0 Å². The van der Waals surface area contributed by atoms with E-state index in [1.807, 2.05) is 6.92 Å². The summed E-state index contributed by atoms with van der Waals surface area (Å²) >= 11 is 0. The van der Waals surface area contributed by atoms with Crippen LogP contribution in [0.3, 0.4) is 0 Å². The van der Waals surface area contributed by atoms with Gasteiger partial charge in [0.25, 0.3) is 5.91 Å². The highest BCUT2D eigenvalue weighted by molar-refractivity contribution is 7.89. The van der Waals surface area contributed by atoms with E-state index in [0.29, 0.717) is 17.9 Å². The van der Waals surface area contributed by atoms with Crippen molar-refractivity contribution < 1.29 is 17.9 Å². The maximum absolute atomic E-state index is 12.5. The lowest BCUT2D eigenvalue weighted by atomic mass is 10.2. The quantitative estimate of drug-likeness (QED) is 0.851. The molecule has 7 nitrogen and oxygen atoms in total. The van der Waals surface area contributed by atoms with Gasteiger partial charge in [0, 0.05) is 31.7 Å². The van der Waals surface area contributed by atoms with Gasteiger partial charge in [-0.1, -0.05) is 0 Å². The largest absolute Gasteiger partial charge is 0.492 e. The summed E-state index contributed by atoms with van der Waals surface area (Å²) in [6.45, 7) is 3.93. The number of ether oxygens (including phenoxy) is 1. The van der Waals surface area contributed by atoms with Gasteiger partial charge in [0.05, 0.1) is 12.2 Å². The predicted octanol–water partition coefficient (Wildman–Crippen LogP) is 2.29. The molecule has 0 unspecified atom stereocenters. The number of aryl methyl sites for hydroxylation is 1. The zero-order chi connectivity index (χ0) is 18.6. The Balaban J connectivity index is 2.36. The molecule has 1 aromatic heterocycles. The van der Waals surface area contributed by atoms with Crippen molar-refractivity contribution in [1.82, 2.24) is 9.29 Å². The molecule has 0 radical (unpaired) electrons. The second-order valence-electron chi connectivity index (χ2n) is 5.52. The molecule has 1 heterocycles. The number of hydrogen-bond acceptors (Lipinski definition) is 5. The zero-order valence-electron chi connectivity index (χ0n) is 14.6. The van der Waals surface area contributed by atoms with Crippen LogP contribution in [-0.4, -0.2) is 44.3 Å². The lowest BCUT2D eigenvalue weighted by molar-refractivity contribution is 0.102. The summed E-state index contributed by atoms with van der Waals surface area (Å²) in [6, 6.07) is 7.90. The Morgan fingerprint density at radius 2 is 1.96 bits per heavy atom. The standard InChI is InChI=1S/C17H21N3O4S/c1-5-24-15-9-8-14(10-16(15)25(22,23)20(3)4)19-17(21)13-7-6-12(2)18-11-13/h6-11H,5H2,1-4H3,(H,19,21). The van der Waals surface area contributed by atoms with Gasteiger partial charge in [-0.3, -0.25) is 9.78 Å². The maximum Gasteiger partial charge on any atom is 0.257 e. The van der Waals surface area contributed by atoms with Crippen LogP contribution >= 0.6 is 0 Å². The fraction of sp³-hybridized carbons (Fsp3) is 0.294. The molecule has 25 heavy (non-hydrogen) atoms. The molecule has 0 aliphatic heterocycles. The molecule has 0 saturated heterocycles. The van der Waals surface area contributed by atoms with Crippen LogP contribution < -0.4 is 10.1 Å². The van der Waals surface area contributed by atoms with E-state index in [-0.39, 0.29) is 16.6 Å². The van der Waals surface area contributed by atoms with Gasteiger partial charge in [0.2, 0.25) is 10.0 Å². The third-order valence-electron chi connectivity index (χ3n) is 3.43. The number of rotatable bonds is 6. The summed E-state index contributed by atoms with van der Waals surface area (Å²) in [5.41, 5.74) is 1.54. The Morgan fingerprint density at radius 1 is 1.24 bits per heavy atom. The lowest BCUT2D eigenvalue weighted by Gasteiger charge is -2.16. The monoisotopic (exact) mass is 363 g/mol. The summed E-state index contributed by atoms with van der Waals surface area (Å²) in [4.78, 5) is 16.4. The highest BCUT2D eigenvalue weighted by Gasteiger charge is 2.23. The first-order chi connectivity index (χ1) is 11.8. The first-order valence-corrected chi connectivity index (χ1v) is 9.13. The van der Waals surface area contributed by atoms with Crippen LogP contribution in [0.4, 0.5) is 5.69 Å². The third-order valence-corrected chi connectivity index (χ3v) is 5.27. The molecular formula is C17H21N3O4S. The number of amides is 1. The summed E-state index contributed by atoms with van der Waals surface area (Å²) in [6.07, 6.45) is 1.47. The SMILES string of the molecule is CCOc1ccc(NC(=O)c2ccc(C)nc2)cc1S(=O)(=O)N(C)C. The number of anilines is 1. The van der Waals surface area contributed by atoms with Crippen LogP contribution in [0.5, 0.6) is 5.75 Å². The second-order valence-corrected chi connectivity index (χ2v) is 7.64. The van der Waals surface area contributed by atoms with E-state index in [2.05, 4.69) is 10.3 Å². The van der Waals surface area contributed by atoms with E-state index in [1.54, 1.807) is 25.1 Å². The predicted molar refractivity (Wildman–Crippen MR) is 95.4 cm³/mol. The summed E-state index contributed by atoms with van der Waals surface area (Å²) < 4.78 is 31.5. The number of benzene rings is 1. The van der Waals surface area contributed by atoms with Gasteiger partial charge in [-0.05, 0) is 44.2 Å². The van der Waals surface area contributed by atoms with Gasteiger partial charge < -0.3 is 10.1 Å². The minimum Gasteiger partial charge on any atom is -0.492 e. The minimum absolute atomic E-state index is 0.000758. The van der Waals surface area contributed by atoms with Crippen LogP contribution in [0, 0.1) is 6.92 Å². The minimum atomic E-state index is -3.71. The first-order valence-electron chi connectivity index (χ1n) is 7.69. The topological polar surface area (TPSA) is 88.6 Å². The number of carbonyl (C=O) groups is 1. The normalized spacial score (nSPS) is 11.4. The average Bonchev–Trinajstić information content (AvgIpc) is 2.56. The van der Waals surface area contributed by atoms with E-state index in [0.717, 1.165) is 10.00 Å². The molecule has 0 fully saturated rings. The fourth-order valence-corrected chi connectivity index (χ4v) is 3.11. The third kappa shape index (κ3) is 4.34. The number of aromatic nitrogens is 1. The van der Waals surface area contributed by atoms with Crippen LogP contribution in [0.2, 0.25) is 0 Å². The molecule has 0 atom stereocenters. The zero-order valence-corrected chi connectivity index (χ0v) is 15.4. The molecule has 8 heteroatoms. The molecule has 2 aromatic rings. The lowest BCUT2D eigenvalue weighted by Crippen LogP contribution is -2.23. The Bertz CT molecular complexity index is 862. The molecule has 0 spiro atoms. The molecule has 0 aliphatic carbocycles. The van der Waals surface area contributed by atoms with Crippen molar-refractivity contribution in [2.75, 3.05) is 26.0 Å². The van der Waals surface area contributed by atoms with Gasteiger partial charge in [-0.15, -0.1) is 0 Å². The molecule has 1 amide bonds. The number of hydrogen-bond donors (Lipinski definition) is 1. The van der Waals surface area contributed by atoms with E-state index < -0.39 is 10.0 Å².